The third kappa shape index (κ3) is 3.81. The van der Waals surface area contributed by atoms with Crippen molar-refractivity contribution < 1.29 is 5.11 Å². The van der Waals surface area contributed by atoms with Crippen molar-refractivity contribution in [2.75, 3.05) is 19.0 Å². The Hall–Kier alpha value is -1.20. The van der Waals surface area contributed by atoms with Crippen molar-refractivity contribution >= 4 is 5.95 Å². The zero-order chi connectivity index (χ0) is 11.1. The van der Waals surface area contributed by atoms with E-state index in [1.54, 1.807) is 19.4 Å². The molecule has 0 aromatic carbocycles. The van der Waals surface area contributed by atoms with E-state index in [4.69, 9.17) is 5.11 Å². The zero-order valence-corrected chi connectivity index (χ0v) is 9.20. The van der Waals surface area contributed by atoms with Crippen molar-refractivity contribution in [2.24, 2.45) is 0 Å². The highest BCUT2D eigenvalue weighted by molar-refractivity contribution is 5.23. The van der Waals surface area contributed by atoms with E-state index in [1.165, 1.54) is 0 Å². The Morgan fingerprint density at radius 2 is 2.07 bits per heavy atom. The van der Waals surface area contributed by atoms with Crippen LogP contribution in [0.1, 0.15) is 18.9 Å². The second-order valence-electron chi connectivity index (χ2n) is 3.33. The number of nitrogens with zero attached hydrogens (tertiary/aromatic N) is 2. The van der Waals surface area contributed by atoms with Crippen LogP contribution in [0, 0.1) is 0 Å². The smallest absolute Gasteiger partial charge is 0.222 e. The maximum Gasteiger partial charge on any atom is 0.222 e. The fourth-order valence-corrected chi connectivity index (χ4v) is 1.18. The first kappa shape index (κ1) is 11.9. The molecular weight excluding hydrogens is 192 g/mol. The molecule has 0 aliphatic rings. The maximum absolute atomic E-state index is 8.98. The first-order valence-corrected chi connectivity index (χ1v) is 5.13. The molecule has 1 heterocycles. The van der Waals surface area contributed by atoms with E-state index < -0.39 is 0 Å². The molecule has 0 fully saturated rings. The van der Waals surface area contributed by atoms with Crippen LogP contribution in [-0.2, 0) is 6.54 Å². The van der Waals surface area contributed by atoms with Gasteiger partial charge in [-0.15, -0.1) is 0 Å². The summed E-state index contributed by atoms with van der Waals surface area (Å²) in [7, 11) is 1.78. The van der Waals surface area contributed by atoms with Crippen molar-refractivity contribution in [3.8, 4) is 0 Å². The van der Waals surface area contributed by atoms with Gasteiger partial charge in [0.05, 0.1) is 6.61 Å². The Labute approximate surface area is 90.0 Å². The highest BCUT2D eigenvalue weighted by atomic mass is 16.3. The number of rotatable bonds is 6. The van der Waals surface area contributed by atoms with E-state index in [9.17, 15) is 0 Å². The van der Waals surface area contributed by atoms with Gasteiger partial charge in [-0.3, -0.25) is 0 Å². The van der Waals surface area contributed by atoms with Gasteiger partial charge in [0.2, 0.25) is 5.95 Å². The maximum atomic E-state index is 8.98. The number of aliphatic hydroxyl groups is 1. The largest absolute Gasteiger partial charge is 0.395 e. The molecule has 1 aromatic heterocycles. The fourth-order valence-electron chi connectivity index (χ4n) is 1.18. The molecule has 0 saturated heterocycles. The van der Waals surface area contributed by atoms with Crippen molar-refractivity contribution in [1.29, 1.82) is 0 Å². The second-order valence-corrected chi connectivity index (χ2v) is 3.33. The molecule has 1 rings (SSSR count). The van der Waals surface area contributed by atoms with Crippen molar-refractivity contribution in [3.63, 3.8) is 0 Å². The predicted octanol–water partition coefficient (Wildman–Crippen LogP) is 0.379. The Balaban J connectivity index is 2.43. The molecule has 3 N–H and O–H groups in total. The van der Waals surface area contributed by atoms with Gasteiger partial charge < -0.3 is 15.7 Å². The summed E-state index contributed by atoms with van der Waals surface area (Å²) in [6, 6.07) is 0.147. The Bertz CT molecular complexity index is 271. The van der Waals surface area contributed by atoms with E-state index in [-0.39, 0.29) is 12.6 Å². The fraction of sp³-hybridized carbons (Fsp3) is 0.600. The summed E-state index contributed by atoms with van der Waals surface area (Å²) in [5.74, 6) is 0.618. The number of nitrogens with one attached hydrogen (secondary N) is 2. The van der Waals surface area contributed by atoms with Crippen LogP contribution in [0.4, 0.5) is 5.95 Å². The quantitative estimate of drug-likeness (QED) is 0.633. The standard InChI is InChI=1S/C10H18N4O/c1-3-9(7-15)12-4-8-5-13-10(11-2)14-6-8/h5-6,9,12,15H,3-4,7H2,1-2H3,(H,11,13,14)/t9-/m0/s1. The van der Waals surface area contributed by atoms with Gasteiger partial charge in [-0.25, -0.2) is 9.97 Å². The lowest BCUT2D eigenvalue weighted by Crippen LogP contribution is -2.31. The molecule has 0 unspecified atom stereocenters. The monoisotopic (exact) mass is 210 g/mol. The zero-order valence-electron chi connectivity index (χ0n) is 9.20. The van der Waals surface area contributed by atoms with Crippen molar-refractivity contribution in [2.45, 2.75) is 25.9 Å². The average molecular weight is 210 g/mol. The van der Waals surface area contributed by atoms with Gasteiger partial charge in [0, 0.05) is 37.6 Å². The first-order chi connectivity index (χ1) is 7.30. The van der Waals surface area contributed by atoms with Crippen LogP contribution in [0.15, 0.2) is 12.4 Å². The third-order valence-electron chi connectivity index (χ3n) is 2.24. The van der Waals surface area contributed by atoms with E-state index in [0.29, 0.717) is 12.5 Å². The Morgan fingerprint density at radius 3 is 2.53 bits per heavy atom. The lowest BCUT2D eigenvalue weighted by Gasteiger charge is -2.13. The average Bonchev–Trinajstić information content (AvgIpc) is 2.31. The SMILES string of the molecule is CC[C@@H](CO)NCc1cnc(NC)nc1. The Morgan fingerprint density at radius 1 is 1.40 bits per heavy atom. The lowest BCUT2D eigenvalue weighted by molar-refractivity contribution is 0.238. The topological polar surface area (TPSA) is 70.1 Å². The predicted molar refractivity (Wildman–Crippen MR) is 59.6 cm³/mol. The third-order valence-corrected chi connectivity index (χ3v) is 2.24. The summed E-state index contributed by atoms with van der Waals surface area (Å²) in [5, 5.41) is 15.1. The number of aromatic nitrogens is 2. The van der Waals surface area contributed by atoms with Gasteiger partial charge in [0.1, 0.15) is 0 Å². The lowest BCUT2D eigenvalue weighted by atomic mass is 10.2. The minimum atomic E-state index is 0.147. The molecule has 0 saturated carbocycles. The van der Waals surface area contributed by atoms with Crippen LogP contribution in [0.3, 0.4) is 0 Å². The summed E-state index contributed by atoms with van der Waals surface area (Å²) in [6.45, 7) is 2.88. The van der Waals surface area contributed by atoms with Crippen LogP contribution in [0.25, 0.3) is 0 Å². The summed E-state index contributed by atoms with van der Waals surface area (Å²) in [6.07, 6.45) is 4.46. The molecule has 15 heavy (non-hydrogen) atoms. The molecule has 0 aliphatic carbocycles. The van der Waals surface area contributed by atoms with Gasteiger partial charge in [-0.2, -0.15) is 0 Å². The summed E-state index contributed by atoms with van der Waals surface area (Å²) >= 11 is 0. The first-order valence-electron chi connectivity index (χ1n) is 5.13. The molecular formula is C10H18N4O. The second kappa shape index (κ2) is 6.31. The summed E-state index contributed by atoms with van der Waals surface area (Å²) in [4.78, 5) is 8.20. The van der Waals surface area contributed by atoms with Gasteiger partial charge >= 0.3 is 0 Å². The van der Waals surface area contributed by atoms with Crippen LogP contribution in [0.5, 0.6) is 0 Å². The molecule has 0 bridgehead atoms. The van der Waals surface area contributed by atoms with Gasteiger partial charge in [-0.1, -0.05) is 6.92 Å². The van der Waals surface area contributed by atoms with E-state index in [0.717, 1.165) is 12.0 Å². The molecule has 1 atom stereocenters. The van der Waals surface area contributed by atoms with Crippen LogP contribution in [-0.4, -0.2) is 34.8 Å². The molecule has 84 valence electrons. The molecule has 1 aromatic rings. The minimum absolute atomic E-state index is 0.147. The van der Waals surface area contributed by atoms with Crippen molar-refractivity contribution in [3.05, 3.63) is 18.0 Å². The van der Waals surface area contributed by atoms with Gasteiger partial charge in [-0.05, 0) is 6.42 Å². The van der Waals surface area contributed by atoms with Gasteiger partial charge in [0.25, 0.3) is 0 Å². The number of aliphatic hydroxyl groups excluding tert-OH is 1. The highest BCUT2D eigenvalue weighted by Crippen LogP contribution is 2.00. The molecule has 5 heteroatoms. The van der Waals surface area contributed by atoms with E-state index in [1.807, 2.05) is 6.92 Å². The van der Waals surface area contributed by atoms with Crippen LogP contribution < -0.4 is 10.6 Å². The molecule has 0 radical (unpaired) electrons. The van der Waals surface area contributed by atoms with E-state index in [2.05, 4.69) is 20.6 Å². The van der Waals surface area contributed by atoms with E-state index >= 15 is 0 Å². The normalized spacial score (nSPS) is 12.5. The van der Waals surface area contributed by atoms with Crippen LogP contribution in [0.2, 0.25) is 0 Å². The minimum Gasteiger partial charge on any atom is -0.395 e. The van der Waals surface area contributed by atoms with Gasteiger partial charge in [0.15, 0.2) is 0 Å². The highest BCUT2D eigenvalue weighted by Gasteiger charge is 2.03. The molecule has 0 amide bonds. The van der Waals surface area contributed by atoms with Crippen molar-refractivity contribution in [1.82, 2.24) is 15.3 Å². The Kier molecular flexibility index (Phi) is 5.00. The summed E-state index contributed by atoms with van der Waals surface area (Å²) < 4.78 is 0. The number of hydrogen-bond acceptors (Lipinski definition) is 5. The molecule has 0 aliphatic heterocycles. The molecule has 5 nitrogen and oxygen atoms in total. The van der Waals surface area contributed by atoms with Crippen LogP contribution >= 0.6 is 0 Å². The number of hydrogen-bond donors (Lipinski definition) is 3. The summed E-state index contributed by atoms with van der Waals surface area (Å²) in [5.41, 5.74) is 1.01. The molecule has 0 spiro atoms. The number of anilines is 1.